The Morgan fingerprint density at radius 2 is 1.74 bits per heavy atom. The standard InChI is InChI=1S/C19H25N3O/c1-5-15-10-12-16(13-11-15)14(2)20-19(23)21-17-8-6-7-9-18(17)22(3)4/h6-14H,5H2,1-4H3,(H2,20,21,23). The number of nitrogens with one attached hydrogen (secondary N) is 2. The zero-order chi connectivity index (χ0) is 16.8. The fraction of sp³-hybridized carbons (Fsp3) is 0.316. The fourth-order valence-corrected chi connectivity index (χ4v) is 2.45. The molecular formula is C19H25N3O. The van der Waals surface area contributed by atoms with Gasteiger partial charge in [-0.05, 0) is 36.6 Å². The van der Waals surface area contributed by atoms with E-state index in [1.165, 1.54) is 5.56 Å². The lowest BCUT2D eigenvalue weighted by Crippen LogP contribution is -2.31. The van der Waals surface area contributed by atoms with Gasteiger partial charge >= 0.3 is 6.03 Å². The van der Waals surface area contributed by atoms with Gasteiger partial charge in [-0.2, -0.15) is 0 Å². The Labute approximate surface area is 138 Å². The molecule has 0 fully saturated rings. The summed E-state index contributed by atoms with van der Waals surface area (Å²) in [4.78, 5) is 14.2. The van der Waals surface area contributed by atoms with Crippen molar-refractivity contribution in [1.29, 1.82) is 0 Å². The predicted octanol–water partition coefficient (Wildman–Crippen LogP) is 4.20. The Bertz CT molecular complexity index is 650. The highest BCUT2D eigenvalue weighted by atomic mass is 16.2. The van der Waals surface area contributed by atoms with Gasteiger partial charge in [-0.1, -0.05) is 43.3 Å². The number of rotatable bonds is 5. The molecule has 4 nitrogen and oxygen atoms in total. The van der Waals surface area contributed by atoms with Crippen LogP contribution < -0.4 is 15.5 Å². The smallest absolute Gasteiger partial charge is 0.319 e. The summed E-state index contributed by atoms with van der Waals surface area (Å²) in [5, 5.41) is 5.90. The number of benzene rings is 2. The number of aryl methyl sites for hydroxylation is 1. The first-order chi connectivity index (χ1) is 11.0. The lowest BCUT2D eigenvalue weighted by atomic mass is 10.1. The highest BCUT2D eigenvalue weighted by molar-refractivity contribution is 5.93. The molecule has 1 unspecified atom stereocenters. The van der Waals surface area contributed by atoms with E-state index in [1.807, 2.05) is 50.2 Å². The molecule has 0 radical (unpaired) electrons. The maximum absolute atomic E-state index is 12.3. The number of para-hydroxylation sites is 2. The van der Waals surface area contributed by atoms with Crippen LogP contribution in [-0.2, 0) is 6.42 Å². The van der Waals surface area contributed by atoms with E-state index in [4.69, 9.17) is 0 Å². The molecule has 2 aromatic rings. The summed E-state index contributed by atoms with van der Waals surface area (Å²) < 4.78 is 0. The Balaban J connectivity index is 2.01. The number of carbonyl (C=O) groups excluding carboxylic acids is 1. The molecule has 0 saturated heterocycles. The maximum atomic E-state index is 12.3. The fourth-order valence-electron chi connectivity index (χ4n) is 2.45. The van der Waals surface area contributed by atoms with Crippen LogP contribution in [0.4, 0.5) is 16.2 Å². The van der Waals surface area contributed by atoms with E-state index in [-0.39, 0.29) is 12.1 Å². The summed E-state index contributed by atoms with van der Waals surface area (Å²) in [7, 11) is 3.91. The Morgan fingerprint density at radius 1 is 1.09 bits per heavy atom. The molecule has 0 bridgehead atoms. The number of hydrogen-bond acceptors (Lipinski definition) is 2. The molecule has 2 N–H and O–H groups in total. The number of amides is 2. The average Bonchev–Trinajstić information content (AvgIpc) is 2.55. The van der Waals surface area contributed by atoms with Crippen molar-refractivity contribution in [2.45, 2.75) is 26.3 Å². The third kappa shape index (κ3) is 4.49. The molecule has 0 aromatic heterocycles. The summed E-state index contributed by atoms with van der Waals surface area (Å²) in [5.74, 6) is 0. The van der Waals surface area contributed by atoms with Crippen molar-refractivity contribution in [1.82, 2.24) is 5.32 Å². The van der Waals surface area contributed by atoms with Gasteiger partial charge in [-0.25, -0.2) is 4.79 Å². The van der Waals surface area contributed by atoms with Crippen molar-refractivity contribution in [3.8, 4) is 0 Å². The largest absolute Gasteiger partial charge is 0.376 e. The van der Waals surface area contributed by atoms with E-state index in [0.717, 1.165) is 23.4 Å². The molecule has 2 aromatic carbocycles. The van der Waals surface area contributed by atoms with Gasteiger partial charge in [0.05, 0.1) is 17.4 Å². The summed E-state index contributed by atoms with van der Waals surface area (Å²) in [6, 6.07) is 15.8. The number of anilines is 2. The zero-order valence-electron chi connectivity index (χ0n) is 14.3. The molecule has 0 saturated carbocycles. The highest BCUT2D eigenvalue weighted by Crippen LogP contribution is 2.23. The minimum atomic E-state index is -0.202. The van der Waals surface area contributed by atoms with Crippen molar-refractivity contribution in [2.24, 2.45) is 0 Å². The van der Waals surface area contributed by atoms with Crippen LogP contribution in [-0.4, -0.2) is 20.1 Å². The zero-order valence-corrected chi connectivity index (χ0v) is 14.3. The first-order valence-corrected chi connectivity index (χ1v) is 7.94. The number of nitrogens with zero attached hydrogens (tertiary/aromatic N) is 1. The SMILES string of the molecule is CCc1ccc(C(C)NC(=O)Nc2ccccc2N(C)C)cc1. The van der Waals surface area contributed by atoms with Gasteiger partial charge in [0.15, 0.2) is 0 Å². The minimum absolute atomic E-state index is 0.0487. The van der Waals surface area contributed by atoms with E-state index in [2.05, 4.69) is 41.8 Å². The Kier molecular flexibility index (Phi) is 5.63. The molecule has 0 heterocycles. The van der Waals surface area contributed by atoms with Crippen molar-refractivity contribution in [3.63, 3.8) is 0 Å². The Hall–Kier alpha value is -2.49. The second-order valence-electron chi connectivity index (χ2n) is 5.83. The van der Waals surface area contributed by atoms with Gasteiger partial charge in [0, 0.05) is 14.1 Å². The summed E-state index contributed by atoms with van der Waals surface area (Å²) in [6.45, 7) is 4.12. The van der Waals surface area contributed by atoms with E-state index in [0.29, 0.717) is 0 Å². The average molecular weight is 311 g/mol. The highest BCUT2D eigenvalue weighted by Gasteiger charge is 2.11. The monoisotopic (exact) mass is 311 g/mol. The number of carbonyl (C=O) groups is 1. The minimum Gasteiger partial charge on any atom is -0.376 e. The lowest BCUT2D eigenvalue weighted by Gasteiger charge is -2.19. The molecule has 2 rings (SSSR count). The van der Waals surface area contributed by atoms with Crippen LogP contribution >= 0.6 is 0 Å². The number of hydrogen-bond donors (Lipinski definition) is 2. The summed E-state index contributed by atoms with van der Waals surface area (Å²) in [6.07, 6.45) is 1.02. The van der Waals surface area contributed by atoms with E-state index in [1.54, 1.807) is 0 Å². The van der Waals surface area contributed by atoms with Gasteiger partial charge < -0.3 is 15.5 Å². The third-order valence-corrected chi connectivity index (χ3v) is 3.87. The molecule has 0 aliphatic carbocycles. The first-order valence-electron chi connectivity index (χ1n) is 7.94. The summed E-state index contributed by atoms with van der Waals surface area (Å²) in [5.41, 5.74) is 4.16. The first kappa shape index (κ1) is 16.9. The van der Waals surface area contributed by atoms with E-state index < -0.39 is 0 Å². The maximum Gasteiger partial charge on any atom is 0.319 e. The lowest BCUT2D eigenvalue weighted by molar-refractivity contribution is 0.249. The van der Waals surface area contributed by atoms with Crippen LogP contribution in [0.15, 0.2) is 48.5 Å². The van der Waals surface area contributed by atoms with Crippen LogP contribution in [0.3, 0.4) is 0 Å². The molecule has 0 spiro atoms. The van der Waals surface area contributed by atoms with Crippen molar-refractivity contribution >= 4 is 17.4 Å². The van der Waals surface area contributed by atoms with Gasteiger partial charge in [-0.15, -0.1) is 0 Å². The molecule has 2 amide bonds. The van der Waals surface area contributed by atoms with E-state index in [9.17, 15) is 4.79 Å². The Morgan fingerprint density at radius 3 is 2.35 bits per heavy atom. The normalized spacial score (nSPS) is 11.7. The van der Waals surface area contributed by atoms with E-state index >= 15 is 0 Å². The molecular weight excluding hydrogens is 286 g/mol. The van der Waals surface area contributed by atoms with Crippen LogP contribution in [0, 0.1) is 0 Å². The third-order valence-electron chi connectivity index (χ3n) is 3.87. The number of urea groups is 1. The van der Waals surface area contributed by atoms with Gasteiger partial charge in [-0.3, -0.25) is 0 Å². The van der Waals surface area contributed by atoms with Gasteiger partial charge in [0.1, 0.15) is 0 Å². The van der Waals surface area contributed by atoms with Gasteiger partial charge in [0.25, 0.3) is 0 Å². The van der Waals surface area contributed by atoms with Crippen LogP contribution in [0.2, 0.25) is 0 Å². The van der Waals surface area contributed by atoms with Crippen molar-refractivity contribution < 1.29 is 4.79 Å². The molecule has 1 atom stereocenters. The van der Waals surface area contributed by atoms with Crippen LogP contribution in [0.5, 0.6) is 0 Å². The quantitative estimate of drug-likeness (QED) is 0.869. The summed E-state index contributed by atoms with van der Waals surface area (Å²) >= 11 is 0. The molecule has 4 heteroatoms. The van der Waals surface area contributed by atoms with Crippen LogP contribution in [0.1, 0.15) is 31.0 Å². The predicted molar refractivity (Wildman–Crippen MR) is 97.2 cm³/mol. The van der Waals surface area contributed by atoms with Crippen molar-refractivity contribution in [3.05, 3.63) is 59.7 Å². The second-order valence-corrected chi connectivity index (χ2v) is 5.83. The van der Waals surface area contributed by atoms with Crippen molar-refractivity contribution in [2.75, 3.05) is 24.3 Å². The van der Waals surface area contributed by atoms with Gasteiger partial charge in [0.2, 0.25) is 0 Å². The molecule has 0 aliphatic heterocycles. The molecule has 0 aliphatic rings. The second kappa shape index (κ2) is 7.68. The van der Waals surface area contributed by atoms with Crippen LogP contribution in [0.25, 0.3) is 0 Å². The topological polar surface area (TPSA) is 44.4 Å². The molecule has 122 valence electrons. The molecule has 23 heavy (non-hydrogen) atoms.